The van der Waals surface area contributed by atoms with E-state index in [9.17, 15) is 22.4 Å². The molecule has 0 saturated heterocycles. The molecule has 9 heteroatoms. The lowest BCUT2D eigenvalue weighted by Gasteiger charge is -2.17. The molecule has 0 saturated carbocycles. The van der Waals surface area contributed by atoms with Gasteiger partial charge in [0, 0.05) is 18.9 Å². The van der Waals surface area contributed by atoms with Crippen LogP contribution in [0.1, 0.15) is 13.3 Å². The van der Waals surface area contributed by atoms with Gasteiger partial charge in [-0.15, -0.1) is 0 Å². The Labute approximate surface area is 133 Å². The van der Waals surface area contributed by atoms with Gasteiger partial charge in [0.05, 0.1) is 10.8 Å². The molecule has 1 unspecified atom stereocenters. The van der Waals surface area contributed by atoms with Gasteiger partial charge in [-0.05, 0) is 24.6 Å². The molecule has 1 aromatic carbocycles. The first-order valence-corrected chi connectivity index (χ1v) is 8.73. The maximum absolute atomic E-state index is 13.1. The average molecular weight is 351 g/mol. The minimum Gasteiger partial charge on any atom is -0.345 e. The maximum atomic E-state index is 13.1. The van der Waals surface area contributed by atoms with E-state index >= 15 is 0 Å². The largest absolute Gasteiger partial charge is 0.345 e. The molecule has 0 aliphatic rings. The molecule has 122 valence electrons. The third-order valence-corrected chi connectivity index (χ3v) is 3.93. The normalized spacial score (nSPS) is 12.5. The van der Waals surface area contributed by atoms with Gasteiger partial charge < -0.3 is 10.6 Å². The topological polar surface area (TPSA) is 92.3 Å². The van der Waals surface area contributed by atoms with Crippen LogP contribution >= 0.6 is 11.6 Å². The molecular formula is C13H16ClFN2O4S. The molecule has 1 atom stereocenters. The van der Waals surface area contributed by atoms with E-state index in [-0.39, 0.29) is 22.9 Å². The summed E-state index contributed by atoms with van der Waals surface area (Å²) in [6, 6.07) is 2.59. The van der Waals surface area contributed by atoms with Gasteiger partial charge in [-0.1, -0.05) is 11.6 Å². The molecule has 22 heavy (non-hydrogen) atoms. The molecule has 2 amide bonds. The maximum Gasteiger partial charge on any atom is 0.246 e. The molecule has 0 spiro atoms. The first kappa shape index (κ1) is 18.4. The first-order valence-electron chi connectivity index (χ1n) is 6.29. The van der Waals surface area contributed by atoms with Crippen molar-refractivity contribution >= 4 is 38.9 Å². The number of carbonyl (C=O) groups is 2. The highest BCUT2D eigenvalue weighted by Crippen LogP contribution is 2.19. The van der Waals surface area contributed by atoms with Crippen LogP contribution in [-0.4, -0.2) is 38.3 Å². The van der Waals surface area contributed by atoms with Gasteiger partial charge in [0.1, 0.15) is 21.7 Å². The number of hydrogen-bond donors (Lipinski definition) is 2. The summed E-state index contributed by atoms with van der Waals surface area (Å²) >= 11 is 5.61. The number of anilines is 1. The summed E-state index contributed by atoms with van der Waals surface area (Å²) in [4.78, 5) is 23.2. The summed E-state index contributed by atoms with van der Waals surface area (Å²) in [5.74, 6) is -1.96. The Bertz CT molecular complexity index is 679. The lowest BCUT2D eigenvalue weighted by Crippen LogP contribution is -2.43. The lowest BCUT2D eigenvalue weighted by molar-refractivity contribution is -0.125. The third kappa shape index (κ3) is 6.40. The Morgan fingerprint density at radius 2 is 2.00 bits per heavy atom. The van der Waals surface area contributed by atoms with E-state index in [1.807, 2.05) is 0 Å². The number of carbonyl (C=O) groups excluding carboxylic acids is 2. The van der Waals surface area contributed by atoms with Crippen molar-refractivity contribution in [1.29, 1.82) is 0 Å². The first-order chi connectivity index (χ1) is 10.1. The van der Waals surface area contributed by atoms with Crippen molar-refractivity contribution in [1.82, 2.24) is 5.32 Å². The summed E-state index contributed by atoms with van der Waals surface area (Å²) in [6.07, 6.45) is 0.967. The van der Waals surface area contributed by atoms with E-state index in [0.717, 1.165) is 12.3 Å². The monoisotopic (exact) mass is 350 g/mol. The zero-order valence-corrected chi connectivity index (χ0v) is 13.6. The second kappa shape index (κ2) is 7.55. The molecule has 0 radical (unpaired) electrons. The standard InChI is InChI=1S/C13H16ClFN2O4S/c1-8(18)16-12(5-6-22(2,20)21)13(19)17-9-3-4-11(15)10(14)7-9/h3-4,7,12H,5-6H2,1-2H3,(H,16,18)(H,17,19). The van der Waals surface area contributed by atoms with Crippen LogP contribution in [-0.2, 0) is 19.4 Å². The fourth-order valence-electron chi connectivity index (χ4n) is 1.65. The quantitative estimate of drug-likeness (QED) is 0.810. The summed E-state index contributed by atoms with van der Waals surface area (Å²) in [5.41, 5.74) is 0.242. The van der Waals surface area contributed by atoms with Crippen molar-refractivity contribution < 1.29 is 22.4 Å². The van der Waals surface area contributed by atoms with Crippen molar-refractivity contribution in [2.45, 2.75) is 19.4 Å². The highest BCUT2D eigenvalue weighted by molar-refractivity contribution is 7.90. The molecule has 6 nitrogen and oxygen atoms in total. The molecule has 0 aliphatic heterocycles. The van der Waals surface area contributed by atoms with Crippen LogP contribution in [0.5, 0.6) is 0 Å². The summed E-state index contributed by atoms with van der Waals surface area (Å²) in [7, 11) is -3.28. The number of benzene rings is 1. The number of hydrogen-bond acceptors (Lipinski definition) is 4. The van der Waals surface area contributed by atoms with Crippen LogP contribution in [0.4, 0.5) is 10.1 Å². The summed E-state index contributed by atoms with van der Waals surface area (Å²) < 4.78 is 35.4. The molecule has 0 bridgehead atoms. The van der Waals surface area contributed by atoms with E-state index in [0.29, 0.717) is 0 Å². The predicted molar refractivity (Wildman–Crippen MR) is 82.0 cm³/mol. The van der Waals surface area contributed by atoms with Gasteiger partial charge in [0.2, 0.25) is 11.8 Å². The molecule has 0 aliphatic carbocycles. The van der Waals surface area contributed by atoms with Crippen molar-refractivity contribution in [3.63, 3.8) is 0 Å². The van der Waals surface area contributed by atoms with Crippen LogP contribution in [0.15, 0.2) is 18.2 Å². The van der Waals surface area contributed by atoms with E-state index in [1.165, 1.54) is 19.1 Å². The van der Waals surface area contributed by atoms with Crippen LogP contribution < -0.4 is 10.6 Å². The molecule has 1 rings (SSSR count). The van der Waals surface area contributed by atoms with Crippen molar-refractivity contribution in [3.8, 4) is 0 Å². The fourth-order valence-corrected chi connectivity index (χ4v) is 2.49. The van der Waals surface area contributed by atoms with Crippen LogP contribution in [0.2, 0.25) is 5.02 Å². The average Bonchev–Trinajstić information content (AvgIpc) is 2.37. The summed E-state index contributed by atoms with van der Waals surface area (Å²) in [5, 5.41) is 4.67. The van der Waals surface area contributed by atoms with Gasteiger partial charge >= 0.3 is 0 Å². The second-order valence-electron chi connectivity index (χ2n) is 4.79. The SMILES string of the molecule is CC(=O)NC(CCS(C)(=O)=O)C(=O)Nc1ccc(F)c(Cl)c1. The Morgan fingerprint density at radius 1 is 1.36 bits per heavy atom. The van der Waals surface area contributed by atoms with Crippen molar-refractivity contribution in [3.05, 3.63) is 29.0 Å². The minimum absolute atomic E-state index is 0.0703. The number of amides is 2. The highest BCUT2D eigenvalue weighted by Gasteiger charge is 2.21. The van der Waals surface area contributed by atoms with Crippen molar-refractivity contribution in [2.24, 2.45) is 0 Å². The van der Waals surface area contributed by atoms with Crippen LogP contribution in [0.25, 0.3) is 0 Å². The number of sulfone groups is 1. The van der Waals surface area contributed by atoms with E-state index in [1.54, 1.807) is 0 Å². The molecule has 0 aromatic heterocycles. The second-order valence-corrected chi connectivity index (χ2v) is 7.46. The lowest BCUT2D eigenvalue weighted by atomic mass is 10.2. The van der Waals surface area contributed by atoms with Gasteiger partial charge in [-0.3, -0.25) is 9.59 Å². The molecular weight excluding hydrogens is 335 g/mol. The van der Waals surface area contributed by atoms with Crippen LogP contribution in [0.3, 0.4) is 0 Å². The Balaban J connectivity index is 2.81. The van der Waals surface area contributed by atoms with Crippen LogP contribution in [0, 0.1) is 5.82 Å². The van der Waals surface area contributed by atoms with Crippen molar-refractivity contribution in [2.75, 3.05) is 17.3 Å². The zero-order valence-electron chi connectivity index (χ0n) is 12.0. The highest BCUT2D eigenvalue weighted by atomic mass is 35.5. The zero-order chi connectivity index (χ0) is 16.9. The van der Waals surface area contributed by atoms with E-state index < -0.39 is 33.5 Å². The third-order valence-electron chi connectivity index (χ3n) is 2.66. The smallest absolute Gasteiger partial charge is 0.246 e. The van der Waals surface area contributed by atoms with E-state index in [2.05, 4.69) is 10.6 Å². The molecule has 2 N–H and O–H groups in total. The summed E-state index contributed by atoms with van der Waals surface area (Å²) in [6.45, 7) is 1.22. The minimum atomic E-state index is -3.28. The van der Waals surface area contributed by atoms with Gasteiger partial charge in [0.15, 0.2) is 0 Å². The predicted octanol–water partition coefficient (Wildman–Crippen LogP) is 1.36. The van der Waals surface area contributed by atoms with Gasteiger partial charge in [0.25, 0.3) is 0 Å². The Hall–Kier alpha value is -1.67. The Kier molecular flexibility index (Phi) is 6.31. The number of rotatable bonds is 6. The molecule has 0 fully saturated rings. The molecule has 1 aromatic rings. The number of halogens is 2. The fraction of sp³-hybridized carbons (Fsp3) is 0.385. The number of nitrogens with one attached hydrogen (secondary N) is 2. The van der Waals surface area contributed by atoms with Gasteiger partial charge in [-0.2, -0.15) is 0 Å². The van der Waals surface area contributed by atoms with E-state index in [4.69, 9.17) is 11.6 Å². The molecule has 0 heterocycles. The van der Waals surface area contributed by atoms with Gasteiger partial charge in [-0.25, -0.2) is 12.8 Å². The Morgan fingerprint density at radius 3 is 2.50 bits per heavy atom.